The molecule has 1 heteroatoms. The van der Waals surface area contributed by atoms with Gasteiger partial charge in [-0.05, 0) is 87.5 Å². The van der Waals surface area contributed by atoms with Gasteiger partial charge in [0.2, 0.25) is 0 Å². The molecule has 0 spiro atoms. The smallest absolute Gasteiger partial charge is 0.123 e. The van der Waals surface area contributed by atoms with Crippen molar-refractivity contribution in [2.45, 2.75) is 13.8 Å². The highest BCUT2D eigenvalue weighted by Gasteiger charge is 2.04. The molecular formula is C32H27F. The number of hydrogen-bond donors (Lipinski definition) is 0. The summed E-state index contributed by atoms with van der Waals surface area (Å²) in [5.41, 5.74) is 8.00. The van der Waals surface area contributed by atoms with Crippen LogP contribution < -0.4 is 10.4 Å². The van der Waals surface area contributed by atoms with Crippen LogP contribution in [-0.4, -0.2) is 0 Å². The van der Waals surface area contributed by atoms with E-state index in [2.05, 4.69) is 92.4 Å². The summed E-state index contributed by atoms with van der Waals surface area (Å²) in [5.74, 6) is -0.231. The number of allylic oxidation sites excluding steroid dienone is 4. The van der Waals surface area contributed by atoms with Gasteiger partial charge in [-0.3, -0.25) is 0 Å². The first-order valence-electron chi connectivity index (χ1n) is 11.1. The van der Waals surface area contributed by atoms with Crippen molar-refractivity contribution in [1.29, 1.82) is 0 Å². The lowest BCUT2D eigenvalue weighted by Crippen LogP contribution is -2.22. The van der Waals surface area contributed by atoms with Gasteiger partial charge in [-0.15, -0.1) is 0 Å². The minimum absolute atomic E-state index is 0.231. The summed E-state index contributed by atoms with van der Waals surface area (Å²) in [6, 6.07) is 29.9. The Kier molecular flexibility index (Phi) is 6.80. The molecule has 0 nitrogen and oxygen atoms in total. The standard InChI is InChI=1S/C32H27F/c1-4-5-9-29(25-11-13-27(14-12-25)32-10-7-6-8-23(32)2)22-28-15-16-30(21-24(28)3)26-17-19-31(33)20-18-26/h4-22H,3H2,1-2H3/b5-4+,28-22-,29-9+. The van der Waals surface area contributed by atoms with Crippen molar-refractivity contribution in [3.05, 3.63) is 137 Å². The molecule has 4 aromatic rings. The van der Waals surface area contributed by atoms with E-state index in [1.54, 1.807) is 12.1 Å². The van der Waals surface area contributed by atoms with Crippen molar-refractivity contribution in [1.82, 2.24) is 0 Å². The first kappa shape index (κ1) is 22.2. The predicted molar refractivity (Wildman–Crippen MR) is 140 cm³/mol. The Balaban J connectivity index is 1.71. The molecule has 0 atom stereocenters. The first-order chi connectivity index (χ1) is 16.0. The summed E-state index contributed by atoms with van der Waals surface area (Å²) in [4.78, 5) is 0. The van der Waals surface area contributed by atoms with Gasteiger partial charge in [0.15, 0.2) is 0 Å². The second kappa shape index (κ2) is 10.1. The molecule has 0 aliphatic carbocycles. The van der Waals surface area contributed by atoms with Crippen LogP contribution in [0, 0.1) is 12.7 Å². The first-order valence-corrected chi connectivity index (χ1v) is 11.1. The van der Waals surface area contributed by atoms with Gasteiger partial charge in [-0.1, -0.05) is 97.6 Å². The van der Waals surface area contributed by atoms with Gasteiger partial charge in [0, 0.05) is 0 Å². The Morgan fingerprint density at radius 3 is 2.12 bits per heavy atom. The van der Waals surface area contributed by atoms with Gasteiger partial charge < -0.3 is 0 Å². The minimum Gasteiger partial charge on any atom is -0.207 e. The number of halogens is 1. The van der Waals surface area contributed by atoms with E-state index in [0.717, 1.165) is 32.7 Å². The Morgan fingerprint density at radius 1 is 0.788 bits per heavy atom. The Labute approximate surface area is 195 Å². The molecule has 0 radical (unpaired) electrons. The number of rotatable bonds is 5. The Bertz CT molecular complexity index is 1420. The van der Waals surface area contributed by atoms with Crippen LogP contribution in [0.25, 0.3) is 40.5 Å². The zero-order chi connectivity index (χ0) is 23.2. The molecule has 0 fully saturated rings. The monoisotopic (exact) mass is 430 g/mol. The third kappa shape index (κ3) is 5.27. The fourth-order valence-corrected chi connectivity index (χ4v) is 3.90. The molecule has 0 unspecified atom stereocenters. The number of benzene rings is 4. The highest BCUT2D eigenvalue weighted by atomic mass is 19.1. The molecule has 0 N–H and O–H groups in total. The van der Waals surface area contributed by atoms with Crippen molar-refractivity contribution in [2.24, 2.45) is 0 Å². The maximum absolute atomic E-state index is 13.3. The van der Waals surface area contributed by atoms with Gasteiger partial charge >= 0.3 is 0 Å². The second-order valence-corrected chi connectivity index (χ2v) is 8.10. The largest absolute Gasteiger partial charge is 0.207 e. The van der Waals surface area contributed by atoms with Crippen molar-refractivity contribution in [2.75, 3.05) is 0 Å². The lowest BCUT2D eigenvalue weighted by atomic mass is 9.96. The van der Waals surface area contributed by atoms with Crippen molar-refractivity contribution >= 4 is 18.2 Å². The van der Waals surface area contributed by atoms with Crippen LogP contribution in [0.4, 0.5) is 4.39 Å². The minimum atomic E-state index is -0.231. The summed E-state index contributed by atoms with van der Waals surface area (Å²) >= 11 is 0. The van der Waals surface area contributed by atoms with Gasteiger partial charge in [0.25, 0.3) is 0 Å². The summed E-state index contributed by atoms with van der Waals surface area (Å²) in [7, 11) is 0. The Hall–Kier alpha value is -3.97. The number of hydrogen-bond acceptors (Lipinski definition) is 0. The van der Waals surface area contributed by atoms with E-state index in [-0.39, 0.29) is 5.82 Å². The van der Waals surface area contributed by atoms with Crippen LogP contribution in [-0.2, 0) is 0 Å². The third-order valence-corrected chi connectivity index (χ3v) is 5.77. The van der Waals surface area contributed by atoms with Crippen LogP contribution in [0.1, 0.15) is 18.1 Å². The molecule has 0 aliphatic rings. The molecule has 0 heterocycles. The lowest BCUT2D eigenvalue weighted by molar-refractivity contribution is 0.628. The van der Waals surface area contributed by atoms with E-state index in [9.17, 15) is 4.39 Å². The molecule has 33 heavy (non-hydrogen) atoms. The molecule has 0 amide bonds. The molecule has 0 aromatic heterocycles. The molecule has 0 aliphatic heterocycles. The summed E-state index contributed by atoms with van der Waals surface area (Å²) < 4.78 is 13.3. The number of aryl methyl sites for hydroxylation is 1. The van der Waals surface area contributed by atoms with Gasteiger partial charge in [0.05, 0.1) is 0 Å². The molecule has 162 valence electrons. The maximum atomic E-state index is 13.3. The highest BCUT2D eigenvalue weighted by Crippen LogP contribution is 2.26. The molecule has 0 saturated heterocycles. The van der Waals surface area contributed by atoms with Crippen molar-refractivity contribution < 1.29 is 4.39 Å². The molecule has 4 aromatic carbocycles. The second-order valence-electron chi connectivity index (χ2n) is 8.10. The van der Waals surface area contributed by atoms with E-state index in [1.165, 1.54) is 28.8 Å². The van der Waals surface area contributed by atoms with Crippen LogP contribution in [0.2, 0.25) is 0 Å². The average molecular weight is 431 g/mol. The molecular weight excluding hydrogens is 403 g/mol. The normalized spacial score (nSPS) is 12.5. The quantitative estimate of drug-likeness (QED) is 0.291. The van der Waals surface area contributed by atoms with E-state index >= 15 is 0 Å². The van der Waals surface area contributed by atoms with E-state index in [1.807, 2.05) is 19.1 Å². The van der Waals surface area contributed by atoms with Crippen molar-refractivity contribution in [3.63, 3.8) is 0 Å². The SMILES string of the molecule is C=c1cc(-c2ccc(F)cc2)cc/c1=C/C(=C\C=C\C)c1ccc(-c2ccccc2C)cc1. The van der Waals surface area contributed by atoms with Gasteiger partial charge in [-0.2, -0.15) is 0 Å². The molecule has 0 bridgehead atoms. The average Bonchev–Trinajstić information content (AvgIpc) is 2.84. The van der Waals surface area contributed by atoms with Gasteiger partial charge in [-0.25, -0.2) is 4.39 Å². The zero-order valence-corrected chi connectivity index (χ0v) is 19.1. The summed E-state index contributed by atoms with van der Waals surface area (Å²) in [6.07, 6.45) is 8.37. The maximum Gasteiger partial charge on any atom is 0.123 e. The Morgan fingerprint density at radius 2 is 1.45 bits per heavy atom. The predicted octanol–water partition coefficient (Wildman–Crippen LogP) is 7.32. The molecule has 0 saturated carbocycles. The fraction of sp³-hybridized carbons (Fsp3) is 0.0625. The fourth-order valence-electron chi connectivity index (χ4n) is 3.90. The van der Waals surface area contributed by atoms with Gasteiger partial charge in [0.1, 0.15) is 5.82 Å². The zero-order valence-electron chi connectivity index (χ0n) is 19.1. The topological polar surface area (TPSA) is 0 Å². The highest BCUT2D eigenvalue weighted by molar-refractivity contribution is 5.90. The van der Waals surface area contributed by atoms with Crippen LogP contribution in [0.5, 0.6) is 0 Å². The lowest BCUT2D eigenvalue weighted by Gasteiger charge is -2.08. The van der Waals surface area contributed by atoms with Crippen molar-refractivity contribution in [3.8, 4) is 22.3 Å². The van der Waals surface area contributed by atoms with E-state index < -0.39 is 0 Å². The van der Waals surface area contributed by atoms with Crippen LogP contribution >= 0.6 is 0 Å². The van der Waals surface area contributed by atoms with Crippen LogP contribution in [0.15, 0.2) is 109 Å². The third-order valence-electron chi connectivity index (χ3n) is 5.77. The van der Waals surface area contributed by atoms with E-state index in [4.69, 9.17) is 0 Å². The van der Waals surface area contributed by atoms with E-state index in [0.29, 0.717) is 0 Å². The molecule has 4 rings (SSSR count). The summed E-state index contributed by atoms with van der Waals surface area (Å²) in [5, 5.41) is 1.99. The summed E-state index contributed by atoms with van der Waals surface area (Å²) in [6.45, 7) is 8.42. The van der Waals surface area contributed by atoms with Crippen LogP contribution in [0.3, 0.4) is 0 Å².